The Kier molecular flexibility index (Phi) is 7.97. The van der Waals surface area contributed by atoms with E-state index in [0.29, 0.717) is 24.3 Å². The molecule has 5 heterocycles. The molecule has 15 nitrogen and oxygen atoms in total. The van der Waals surface area contributed by atoms with Gasteiger partial charge in [0.25, 0.3) is 11.8 Å². The fourth-order valence-electron chi connectivity index (χ4n) is 5.18. The summed E-state index contributed by atoms with van der Waals surface area (Å²) in [5.41, 5.74) is 7.70. The normalized spacial score (nSPS) is 23.4. The van der Waals surface area contributed by atoms with E-state index in [0.717, 1.165) is 22.2 Å². The molecule has 232 valence electrons. The van der Waals surface area contributed by atoms with Gasteiger partial charge in [-0.2, -0.15) is 0 Å². The third-order valence-corrected chi connectivity index (χ3v) is 10.6. The Morgan fingerprint density at radius 2 is 2.11 bits per heavy atom. The SMILES string of the molecule is CCN(CC1=C(C(=O)O)N2C(=O)C(NC(=O)/C(=N\OC3(C(=O)O)CCC3)c3csc(N)n3)[C@@H]2SC1)C1=CC=C2SC=CN2N1. The summed E-state index contributed by atoms with van der Waals surface area (Å²) in [5.74, 6) is -2.73. The zero-order chi connectivity index (χ0) is 31.2. The summed E-state index contributed by atoms with van der Waals surface area (Å²) in [6, 6.07) is -1.05. The number of β-lactam (4-membered cyclic amide) rings is 1. The smallest absolute Gasteiger partial charge is 0.352 e. The van der Waals surface area contributed by atoms with Gasteiger partial charge in [0, 0.05) is 43.3 Å². The number of hydrogen-bond acceptors (Lipinski definition) is 14. The standard InChI is InChI=1S/C26H28N8O7S3/c1-2-32(15-4-5-16-33(30-15)8-9-42-16)10-13-11-43-22-18(21(36)34(22)19(13)23(37)38)29-20(35)17(14-12-44-25(27)28-14)31-41-26(24(39)40)6-3-7-26/h4-5,8-9,12,18,22,30H,2-3,6-7,10-11H2,1H3,(H2,27,28)(H,29,35)(H,37,38)(H,39,40)/b31-17-/t18?,22-/m0/s1. The predicted molar refractivity (Wildman–Crippen MR) is 163 cm³/mol. The fraction of sp³-hybridized carbons (Fsp3) is 0.385. The number of nitrogens with zero attached hydrogens (tertiary/aromatic N) is 5. The van der Waals surface area contributed by atoms with Crippen molar-refractivity contribution in [2.45, 2.75) is 43.2 Å². The Hall–Kier alpha value is -4.16. The summed E-state index contributed by atoms with van der Waals surface area (Å²) in [6.45, 7) is 2.81. The number of likely N-dealkylation sites (N-methyl/N-ethyl adjacent to an activating group) is 1. The highest BCUT2D eigenvalue weighted by Crippen LogP contribution is 2.41. The average Bonchev–Trinajstić information content (AvgIpc) is 3.63. The minimum Gasteiger partial charge on any atom is -0.478 e. The monoisotopic (exact) mass is 660 g/mol. The van der Waals surface area contributed by atoms with Crippen LogP contribution >= 0.6 is 34.9 Å². The Morgan fingerprint density at radius 1 is 1.32 bits per heavy atom. The molecule has 1 saturated carbocycles. The molecular weight excluding hydrogens is 633 g/mol. The molecule has 0 radical (unpaired) electrons. The van der Waals surface area contributed by atoms with E-state index in [2.05, 4.69) is 20.9 Å². The lowest BCUT2D eigenvalue weighted by atomic mass is 9.80. The second-order valence-corrected chi connectivity index (χ2v) is 13.3. The molecular formula is C26H28N8O7S3. The van der Waals surface area contributed by atoms with E-state index < -0.39 is 40.8 Å². The molecule has 1 aromatic rings. The molecule has 18 heteroatoms. The van der Waals surface area contributed by atoms with E-state index in [-0.39, 0.29) is 41.6 Å². The van der Waals surface area contributed by atoms with Crippen molar-refractivity contribution in [3.8, 4) is 0 Å². The first kappa shape index (κ1) is 29.9. The van der Waals surface area contributed by atoms with E-state index in [1.165, 1.54) is 22.0 Å². The first-order chi connectivity index (χ1) is 21.1. The van der Waals surface area contributed by atoms with Crippen LogP contribution in [0.4, 0.5) is 5.13 Å². The van der Waals surface area contributed by atoms with Gasteiger partial charge in [-0.15, -0.1) is 23.1 Å². The van der Waals surface area contributed by atoms with Crippen molar-refractivity contribution in [3.05, 3.63) is 57.0 Å². The Morgan fingerprint density at radius 3 is 2.75 bits per heavy atom. The van der Waals surface area contributed by atoms with Crippen LogP contribution < -0.4 is 16.5 Å². The molecule has 6 rings (SSSR count). The van der Waals surface area contributed by atoms with Crippen molar-refractivity contribution < 1.29 is 34.2 Å². The number of hydrogen-bond donors (Lipinski definition) is 5. The minimum absolute atomic E-state index is 0.0634. The van der Waals surface area contributed by atoms with Gasteiger partial charge in [-0.05, 0) is 36.5 Å². The molecule has 5 aliphatic rings. The maximum atomic E-state index is 13.4. The number of allylic oxidation sites excluding steroid dienone is 2. The lowest BCUT2D eigenvalue weighted by molar-refractivity contribution is -0.178. The highest BCUT2D eigenvalue weighted by molar-refractivity contribution is 8.06. The lowest BCUT2D eigenvalue weighted by Gasteiger charge is -2.49. The van der Waals surface area contributed by atoms with Crippen LogP contribution in [0.2, 0.25) is 0 Å². The summed E-state index contributed by atoms with van der Waals surface area (Å²) >= 11 is 3.97. The zero-order valence-corrected chi connectivity index (χ0v) is 25.7. The van der Waals surface area contributed by atoms with Gasteiger partial charge in [-0.25, -0.2) is 14.6 Å². The first-order valence-corrected chi connectivity index (χ1v) is 16.4. The Bertz CT molecular complexity index is 1580. The van der Waals surface area contributed by atoms with Gasteiger partial charge >= 0.3 is 11.9 Å². The number of rotatable bonds is 11. The van der Waals surface area contributed by atoms with Gasteiger partial charge in [0.2, 0.25) is 5.60 Å². The van der Waals surface area contributed by atoms with Crippen LogP contribution in [0, 0.1) is 0 Å². The zero-order valence-electron chi connectivity index (χ0n) is 23.3. The van der Waals surface area contributed by atoms with Crippen LogP contribution in [0.25, 0.3) is 0 Å². The molecule has 2 fully saturated rings. The number of hydrazine groups is 1. The summed E-state index contributed by atoms with van der Waals surface area (Å²) in [5, 5.41) is 32.1. The summed E-state index contributed by atoms with van der Waals surface area (Å²) in [4.78, 5) is 63.6. The second-order valence-electron chi connectivity index (χ2n) is 10.3. The van der Waals surface area contributed by atoms with Crippen molar-refractivity contribution in [2.75, 3.05) is 24.6 Å². The van der Waals surface area contributed by atoms with Crippen LogP contribution in [0.5, 0.6) is 0 Å². The van der Waals surface area contributed by atoms with Crippen LogP contribution in [0.15, 0.2) is 56.4 Å². The van der Waals surface area contributed by atoms with Gasteiger partial charge in [-0.3, -0.25) is 24.9 Å². The number of carboxylic acid groups (broad SMARTS) is 2. The third kappa shape index (κ3) is 5.26. The number of carboxylic acids is 2. The number of nitrogens with two attached hydrogens (primary N) is 1. The van der Waals surface area contributed by atoms with Gasteiger partial charge < -0.3 is 31.0 Å². The molecule has 2 amide bonds. The predicted octanol–water partition coefficient (Wildman–Crippen LogP) is 1.23. The van der Waals surface area contributed by atoms with Gasteiger partial charge in [-0.1, -0.05) is 16.9 Å². The summed E-state index contributed by atoms with van der Waals surface area (Å²) in [7, 11) is 0. The van der Waals surface area contributed by atoms with Crippen molar-refractivity contribution in [3.63, 3.8) is 0 Å². The molecule has 0 aromatic carbocycles. The molecule has 2 atom stereocenters. The number of anilines is 1. The molecule has 44 heavy (non-hydrogen) atoms. The van der Waals surface area contributed by atoms with E-state index in [4.69, 9.17) is 10.6 Å². The van der Waals surface area contributed by atoms with E-state index in [1.54, 1.807) is 11.8 Å². The maximum absolute atomic E-state index is 13.4. The second kappa shape index (κ2) is 11.7. The highest BCUT2D eigenvalue weighted by atomic mass is 32.2. The Balaban J connectivity index is 1.19. The van der Waals surface area contributed by atoms with Gasteiger partial charge in [0.15, 0.2) is 10.8 Å². The van der Waals surface area contributed by atoms with Crippen molar-refractivity contribution >= 4 is 69.5 Å². The van der Waals surface area contributed by atoms with Crippen LogP contribution in [0.3, 0.4) is 0 Å². The number of oxime groups is 1. The van der Waals surface area contributed by atoms with E-state index in [1.807, 2.05) is 40.6 Å². The molecule has 0 bridgehead atoms. The number of aromatic nitrogens is 1. The van der Waals surface area contributed by atoms with Crippen molar-refractivity contribution in [2.24, 2.45) is 5.16 Å². The molecule has 1 aliphatic carbocycles. The van der Waals surface area contributed by atoms with Gasteiger partial charge in [0.1, 0.15) is 28.6 Å². The molecule has 1 aromatic heterocycles. The lowest BCUT2D eigenvalue weighted by Crippen LogP contribution is -2.71. The largest absolute Gasteiger partial charge is 0.478 e. The molecule has 1 saturated heterocycles. The third-order valence-electron chi connectivity index (χ3n) is 7.74. The number of amides is 2. The quantitative estimate of drug-likeness (QED) is 0.129. The van der Waals surface area contributed by atoms with Crippen molar-refractivity contribution in [1.29, 1.82) is 0 Å². The number of nitrogen functional groups attached to an aromatic ring is 1. The number of thiazole rings is 1. The molecule has 0 spiro atoms. The van der Waals surface area contributed by atoms with Crippen LogP contribution in [-0.2, 0) is 24.0 Å². The number of carbonyl (C=O) groups is 4. The molecule has 6 N–H and O–H groups in total. The number of nitrogens with one attached hydrogen (secondary N) is 2. The van der Waals surface area contributed by atoms with Crippen molar-refractivity contribution in [1.82, 2.24) is 30.5 Å². The van der Waals surface area contributed by atoms with Crippen LogP contribution in [0.1, 0.15) is 31.9 Å². The Labute approximate surface area is 263 Å². The van der Waals surface area contributed by atoms with Crippen LogP contribution in [-0.4, -0.2) is 95.3 Å². The average molecular weight is 661 g/mol. The summed E-state index contributed by atoms with van der Waals surface area (Å²) < 4.78 is 0. The summed E-state index contributed by atoms with van der Waals surface area (Å²) in [6.07, 6.45) is 6.90. The maximum Gasteiger partial charge on any atom is 0.352 e. The minimum atomic E-state index is -1.54. The number of thioether (sulfide) groups is 2. The molecule has 1 unspecified atom stereocenters. The van der Waals surface area contributed by atoms with E-state index >= 15 is 0 Å². The number of aliphatic carboxylic acids is 2. The number of carbonyl (C=O) groups excluding carboxylic acids is 2. The topological polar surface area (TPSA) is 203 Å². The first-order valence-electron chi connectivity index (χ1n) is 13.6. The highest BCUT2D eigenvalue weighted by Gasteiger charge is 2.55. The van der Waals surface area contributed by atoms with Gasteiger partial charge in [0.05, 0.1) is 5.03 Å². The van der Waals surface area contributed by atoms with E-state index in [9.17, 15) is 29.4 Å². The molecule has 4 aliphatic heterocycles. The number of fused-ring (bicyclic) bond motifs is 2. The fourth-order valence-corrected chi connectivity index (χ4v) is 7.75.